The monoisotopic (exact) mass is 499 g/mol. The number of amides is 2. The molecule has 2 amide bonds. The van der Waals surface area contributed by atoms with Crippen molar-refractivity contribution in [2.75, 3.05) is 19.8 Å². The molecule has 36 heavy (non-hydrogen) atoms. The Bertz CT molecular complexity index is 1070. The number of nitrogens with one attached hydrogen (secondary N) is 2. The molecule has 10 heteroatoms. The van der Waals surface area contributed by atoms with Crippen LogP contribution in [0.2, 0.25) is 0 Å². The van der Waals surface area contributed by atoms with Crippen LogP contribution in [0.25, 0.3) is 0 Å². The summed E-state index contributed by atoms with van der Waals surface area (Å²) < 4.78 is 16.3. The highest BCUT2D eigenvalue weighted by atomic mass is 16.5. The average molecular weight is 500 g/mol. The van der Waals surface area contributed by atoms with Gasteiger partial charge in [0.25, 0.3) is 11.8 Å². The van der Waals surface area contributed by atoms with E-state index in [1.54, 1.807) is 31.2 Å². The number of carbonyl (C=O) groups excluding carboxylic acids is 2. The first kappa shape index (κ1) is 28.2. The van der Waals surface area contributed by atoms with Gasteiger partial charge in [-0.05, 0) is 61.6 Å². The molecular formula is C26H33N3O7. The number of benzene rings is 2. The maximum atomic E-state index is 12.7. The fraction of sp³-hybridized carbons (Fsp3) is 0.385. The first-order valence-corrected chi connectivity index (χ1v) is 11.6. The molecule has 0 unspecified atom stereocenters. The van der Waals surface area contributed by atoms with Gasteiger partial charge in [-0.15, -0.1) is 0 Å². The normalized spacial score (nSPS) is 11.7. The lowest BCUT2D eigenvalue weighted by Crippen LogP contribution is -2.47. The SMILES string of the molecule is CCOc1cc(/C=N\NC(=O)[C@H](CC(C)C)NC(=O)COc2ccccc2C)ccc1OCC(=O)O. The Morgan fingerprint density at radius 3 is 2.39 bits per heavy atom. The summed E-state index contributed by atoms with van der Waals surface area (Å²) >= 11 is 0. The van der Waals surface area contributed by atoms with Crippen molar-refractivity contribution >= 4 is 24.0 Å². The Morgan fingerprint density at radius 1 is 1.00 bits per heavy atom. The van der Waals surface area contributed by atoms with E-state index in [9.17, 15) is 14.4 Å². The Kier molecular flexibility index (Phi) is 11.2. The van der Waals surface area contributed by atoms with Gasteiger partial charge in [0.15, 0.2) is 24.7 Å². The predicted octanol–water partition coefficient (Wildman–Crippen LogP) is 2.92. The van der Waals surface area contributed by atoms with Crippen molar-refractivity contribution in [3.8, 4) is 17.2 Å². The van der Waals surface area contributed by atoms with E-state index < -0.39 is 30.4 Å². The quantitative estimate of drug-likeness (QED) is 0.269. The second-order valence-electron chi connectivity index (χ2n) is 8.36. The van der Waals surface area contributed by atoms with Gasteiger partial charge in [0, 0.05) is 0 Å². The molecule has 0 aliphatic heterocycles. The number of carboxylic acid groups (broad SMARTS) is 1. The van der Waals surface area contributed by atoms with Gasteiger partial charge < -0.3 is 24.6 Å². The second kappa shape index (κ2) is 14.3. The van der Waals surface area contributed by atoms with Gasteiger partial charge >= 0.3 is 5.97 Å². The topological polar surface area (TPSA) is 136 Å². The third-order valence-electron chi connectivity index (χ3n) is 4.82. The Hall–Kier alpha value is -4.08. The number of nitrogens with zero attached hydrogens (tertiary/aromatic N) is 1. The van der Waals surface area contributed by atoms with E-state index in [0.29, 0.717) is 30.1 Å². The smallest absolute Gasteiger partial charge is 0.341 e. The number of aryl methyl sites for hydroxylation is 1. The van der Waals surface area contributed by atoms with Gasteiger partial charge in [0.2, 0.25) is 0 Å². The third-order valence-corrected chi connectivity index (χ3v) is 4.82. The number of hydrogen-bond donors (Lipinski definition) is 3. The number of hydrazone groups is 1. The molecule has 0 fully saturated rings. The standard InChI is InChI=1S/C26H33N3O7/c1-5-34-23-13-19(10-11-22(23)36-16-25(31)32)14-27-29-26(33)20(12-17(2)3)28-24(30)15-35-21-9-7-6-8-18(21)4/h6-11,13-14,17,20H,5,12,15-16H2,1-4H3,(H,28,30)(H,29,33)(H,31,32)/b27-14-/t20-/m0/s1. The maximum Gasteiger partial charge on any atom is 0.341 e. The van der Waals surface area contributed by atoms with Gasteiger partial charge in [-0.1, -0.05) is 32.0 Å². The molecule has 0 aliphatic carbocycles. The molecule has 0 saturated heterocycles. The van der Waals surface area contributed by atoms with Crippen molar-refractivity contribution in [1.82, 2.24) is 10.7 Å². The number of aliphatic carboxylic acids is 1. The van der Waals surface area contributed by atoms with Crippen molar-refractivity contribution in [1.29, 1.82) is 0 Å². The first-order chi connectivity index (χ1) is 17.2. The minimum atomic E-state index is -1.10. The first-order valence-electron chi connectivity index (χ1n) is 11.6. The predicted molar refractivity (Wildman–Crippen MR) is 135 cm³/mol. The van der Waals surface area contributed by atoms with Crippen LogP contribution >= 0.6 is 0 Å². The molecule has 2 rings (SSSR count). The van der Waals surface area contributed by atoms with E-state index in [2.05, 4.69) is 15.8 Å². The fourth-order valence-electron chi connectivity index (χ4n) is 3.18. The van der Waals surface area contributed by atoms with E-state index >= 15 is 0 Å². The molecule has 0 aromatic heterocycles. The molecule has 194 valence electrons. The van der Waals surface area contributed by atoms with E-state index in [-0.39, 0.29) is 18.3 Å². The van der Waals surface area contributed by atoms with Crippen LogP contribution in [0.3, 0.4) is 0 Å². The number of carbonyl (C=O) groups is 3. The number of rotatable bonds is 14. The van der Waals surface area contributed by atoms with E-state index in [1.807, 2.05) is 39.0 Å². The molecule has 0 bridgehead atoms. The van der Waals surface area contributed by atoms with Gasteiger partial charge in [-0.2, -0.15) is 5.10 Å². The summed E-state index contributed by atoms with van der Waals surface area (Å²) in [5.74, 6) is -0.587. The van der Waals surface area contributed by atoms with E-state index in [0.717, 1.165) is 5.56 Å². The van der Waals surface area contributed by atoms with E-state index in [4.69, 9.17) is 19.3 Å². The third kappa shape index (κ3) is 9.65. The van der Waals surface area contributed by atoms with Gasteiger partial charge in [-0.25, -0.2) is 10.2 Å². The van der Waals surface area contributed by atoms with Crippen LogP contribution < -0.4 is 25.0 Å². The number of ether oxygens (including phenoxy) is 3. The molecule has 10 nitrogen and oxygen atoms in total. The molecule has 2 aromatic rings. The fourth-order valence-corrected chi connectivity index (χ4v) is 3.18. The van der Waals surface area contributed by atoms with Crippen LogP contribution in [0, 0.1) is 12.8 Å². The highest BCUT2D eigenvalue weighted by molar-refractivity contribution is 5.89. The lowest BCUT2D eigenvalue weighted by atomic mass is 10.0. The Labute approximate surface area is 210 Å². The van der Waals surface area contributed by atoms with Crippen LogP contribution in [0.5, 0.6) is 17.2 Å². The van der Waals surface area contributed by atoms with Crippen LogP contribution in [0.4, 0.5) is 0 Å². The molecule has 0 spiro atoms. The van der Waals surface area contributed by atoms with E-state index in [1.165, 1.54) is 6.21 Å². The number of carboxylic acids is 1. The summed E-state index contributed by atoms with van der Waals surface area (Å²) in [5, 5.41) is 15.5. The number of hydrogen-bond acceptors (Lipinski definition) is 7. The Balaban J connectivity index is 1.99. The molecule has 0 saturated carbocycles. The summed E-state index contributed by atoms with van der Waals surface area (Å²) in [7, 11) is 0. The summed E-state index contributed by atoms with van der Waals surface area (Å²) in [6.07, 6.45) is 1.83. The van der Waals surface area contributed by atoms with Crippen molar-refractivity contribution in [2.45, 2.75) is 40.2 Å². The van der Waals surface area contributed by atoms with Crippen molar-refractivity contribution in [3.63, 3.8) is 0 Å². The lowest BCUT2D eigenvalue weighted by molar-refractivity contribution is -0.139. The zero-order chi connectivity index (χ0) is 26.5. The summed E-state index contributed by atoms with van der Waals surface area (Å²) in [5.41, 5.74) is 3.96. The zero-order valence-electron chi connectivity index (χ0n) is 20.9. The minimum Gasteiger partial charge on any atom is -0.490 e. The molecule has 0 radical (unpaired) electrons. The van der Waals surface area contributed by atoms with Crippen molar-refractivity contribution in [2.24, 2.45) is 11.0 Å². The molecular weight excluding hydrogens is 466 g/mol. The van der Waals surface area contributed by atoms with Gasteiger partial charge in [0.1, 0.15) is 11.8 Å². The Morgan fingerprint density at radius 2 is 1.72 bits per heavy atom. The minimum absolute atomic E-state index is 0.148. The highest BCUT2D eigenvalue weighted by Gasteiger charge is 2.22. The van der Waals surface area contributed by atoms with Crippen molar-refractivity contribution in [3.05, 3.63) is 53.6 Å². The van der Waals surface area contributed by atoms with Crippen LogP contribution in [0.1, 0.15) is 38.3 Å². The van der Waals surface area contributed by atoms with Crippen LogP contribution in [0.15, 0.2) is 47.6 Å². The molecule has 0 heterocycles. The van der Waals surface area contributed by atoms with Crippen LogP contribution in [-0.4, -0.2) is 55.0 Å². The summed E-state index contributed by atoms with van der Waals surface area (Å²) in [6, 6.07) is 11.4. The summed E-state index contributed by atoms with van der Waals surface area (Å²) in [6.45, 7) is 7.21. The lowest BCUT2D eigenvalue weighted by Gasteiger charge is -2.19. The van der Waals surface area contributed by atoms with Gasteiger partial charge in [-0.3, -0.25) is 9.59 Å². The second-order valence-corrected chi connectivity index (χ2v) is 8.36. The highest BCUT2D eigenvalue weighted by Crippen LogP contribution is 2.28. The zero-order valence-corrected chi connectivity index (χ0v) is 20.9. The number of para-hydroxylation sites is 1. The molecule has 2 aromatic carbocycles. The molecule has 0 aliphatic rings. The largest absolute Gasteiger partial charge is 0.490 e. The molecule has 1 atom stereocenters. The average Bonchev–Trinajstić information content (AvgIpc) is 2.82. The molecule has 3 N–H and O–H groups in total. The van der Waals surface area contributed by atoms with Crippen molar-refractivity contribution < 1.29 is 33.7 Å². The maximum absolute atomic E-state index is 12.7. The van der Waals surface area contributed by atoms with Crippen LogP contribution in [-0.2, 0) is 14.4 Å². The van der Waals surface area contributed by atoms with Gasteiger partial charge in [0.05, 0.1) is 12.8 Å². The summed E-state index contributed by atoms with van der Waals surface area (Å²) in [4.78, 5) is 35.9.